The zero-order chi connectivity index (χ0) is 9.31. The summed E-state index contributed by atoms with van der Waals surface area (Å²) in [7, 11) is 0. The molecule has 0 saturated carbocycles. The lowest BCUT2D eigenvalue weighted by atomic mass is 9.83. The van der Waals surface area contributed by atoms with Crippen LogP contribution in [0.4, 0.5) is 0 Å². The Morgan fingerprint density at radius 1 is 1.62 bits per heavy atom. The third-order valence-corrected chi connectivity index (χ3v) is 5.18. The zero-order valence-electron chi connectivity index (χ0n) is 7.82. The maximum absolute atomic E-state index is 6.47. The number of thioether (sulfide) groups is 1. The monoisotopic (exact) mass is 213 g/mol. The van der Waals surface area contributed by atoms with Gasteiger partial charge in [0.05, 0.1) is 5.54 Å². The quantitative estimate of drug-likeness (QED) is 0.776. The summed E-state index contributed by atoms with van der Waals surface area (Å²) in [4.78, 5) is 1.36. The fourth-order valence-electron chi connectivity index (χ4n) is 1.81. The molecule has 3 heteroatoms. The van der Waals surface area contributed by atoms with Gasteiger partial charge in [0, 0.05) is 4.88 Å². The molecule has 2 atom stereocenters. The molecule has 2 heterocycles. The molecular weight excluding hydrogens is 198 g/mol. The Balaban J connectivity index is 2.27. The lowest BCUT2D eigenvalue weighted by Crippen LogP contribution is -2.46. The molecule has 0 amide bonds. The molecule has 0 radical (unpaired) electrons. The van der Waals surface area contributed by atoms with Crippen LogP contribution in [-0.2, 0) is 5.54 Å². The second-order valence-electron chi connectivity index (χ2n) is 3.74. The highest BCUT2D eigenvalue weighted by Gasteiger charge is 2.36. The Bertz CT molecular complexity index is 270. The average molecular weight is 213 g/mol. The van der Waals surface area contributed by atoms with Crippen LogP contribution in [0.25, 0.3) is 0 Å². The van der Waals surface area contributed by atoms with Gasteiger partial charge in [0.15, 0.2) is 0 Å². The van der Waals surface area contributed by atoms with Crippen LogP contribution in [0, 0.1) is 5.92 Å². The topological polar surface area (TPSA) is 26.0 Å². The summed E-state index contributed by atoms with van der Waals surface area (Å²) < 4.78 is 0. The predicted octanol–water partition coefficient (Wildman–Crippen LogP) is 2.68. The molecule has 2 unspecified atom stereocenters. The minimum Gasteiger partial charge on any atom is -0.320 e. The smallest absolute Gasteiger partial charge is 0.0545 e. The van der Waals surface area contributed by atoms with Crippen molar-refractivity contribution in [3.05, 3.63) is 22.4 Å². The van der Waals surface area contributed by atoms with Gasteiger partial charge in [0.1, 0.15) is 0 Å². The van der Waals surface area contributed by atoms with Gasteiger partial charge in [-0.25, -0.2) is 0 Å². The van der Waals surface area contributed by atoms with Crippen molar-refractivity contribution in [2.24, 2.45) is 11.7 Å². The molecule has 0 spiro atoms. The van der Waals surface area contributed by atoms with E-state index in [0.717, 1.165) is 6.42 Å². The van der Waals surface area contributed by atoms with Crippen LogP contribution in [0.1, 0.15) is 18.2 Å². The van der Waals surface area contributed by atoms with E-state index in [2.05, 4.69) is 24.4 Å². The van der Waals surface area contributed by atoms with Gasteiger partial charge >= 0.3 is 0 Å². The van der Waals surface area contributed by atoms with E-state index in [-0.39, 0.29) is 5.54 Å². The van der Waals surface area contributed by atoms with Gasteiger partial charge in [-0.15, -0.1) is 11.3 Å². The van der Waals surface area contributed by atoms with E-state index in [1.165, 1.54) is 16.4 Å². The van der Waals surface area contributed by atoms with Crippen molar-refractivity contribution in [1.29, 1.82) is 0 Å². The summed E-state index contributed by atoms with van der Waals surface area (Å²) in [5.41, 5.74) is 6.42. The number of rotatable bonds is 1. The van der Waals surface area contributed by atoms with Crippen LogP contribution in [0.5, 0.6) is 0 Å². The van der Waals surface area contributed by atoms with E-state index in [4.69, 9.17) is 5.73 Å². The predicted molar refractivity (Wildman–Crippen MR) is 61.3 cm³/mol. The lowest BCUT2D eigenvalue weighted by Gasteiger charge is -2.38. The Kier molecular flexibility index (Phi) is 2.67. The molecule has 2 N–H and O–H groups in total. The van der Waals surface area contributed by atoms with Crippen LogP contribution in [-0.4, -0.2) is 11.5 Å². The molecule has 1 saturated heterocycles. The minimum atomic E-state index is -0.0422. The number of thiophene rings is 1. The van der Waals surface area contributed by atoms with Gasteiger partial charge in [-0.1, -0.05) is 13.0 Å². The fraction of sp³-hybridized carbons (Fsp3) is 0.600. The molecule has 13 heavy (non-hydrogen) atoms. The van der Waals surface area contributed by atoms with Crippen molar-refractivity contribution in [2.45, 2.75) is 18.9 Å². The Hall–Kier alpha value is 0.01000. The zero-order valence-corrected chi connectivity index (χ0v) is 9.46. The highest BCUT2D eigenvalue weighted by molar-refractivity contribution is 7.99. The Morgan fingerprint density at radius 3 is 3.08 bits per heavy atom. The van der Waals surface area contributed by atoms with Crippen LogP contribution in [0.15, 0.2) is 17.5 Å². The summed E-state index contributed by atoms with van der Waals surface area (Å²) in [6.45, 7) is 2.27. The number of hydrogen-bond acceptors (Lipinski definition) is 3. The second kappa shape index (κ2) is 3.64. The van der Waals surface area contributed by atoms with E-state index < -0.39 is 0 Å². The molecule has 0 aromatic carbocycles. The molecule has 0 bridgehead atoms. The normalized spacial score (nSPS) is 34.8. The highest BCUT2D eigenvalue weighted by Crippen LogP contribution is 2.39. The van der Waals surface area contributed by atoms with E-state index >= 15 is 0 Å². The SMILES string of the molecule is CC1CSCCC1(N)c1cccs1. The van der Waals surface area contributed by atoms with Gasteiger partial charge in [-0.05, 0) is 35.3 Å². The first kappa shape index (κ1) is 9.56. The number of nitrogens with two attached hydrogens (primary N) is 1. The summed E-state index contributed by atoms with van der Waals surface area (Å²) in [5, 5.41) is 2.12. The van der Waals surface area contributed by atoms with Gasteiger partial charge in [0.25, 0.3) is 0 Å². The maximum atomic E-state index is 6.47. The second-order valence-corrected chi connectivity index (χ2v) is 5.84. The van der Waals surface area contributed by atoms with Gasteiger partial charge < -0.3 is 5.73 Å². The minimum absolute atomic E-state index is 0.0422. The fourth-order valence-corrected chi connectivity index (χ4v) is 4.09. The van der Waals surface area contributed by atoms with Crippen molar-refractivity contribution in [1.82, 2.24) is 0 Å². The molecular formula is C10H15NS2. The first-order valence-electron chi connectivity index (χ1n) is 4.64. The first-order chi connectivity index (χ1) is 6.23. The third-order valence-electron chi connectivity index (χ3n) is 2.89. The average Bonchev–Trinajstić information content (AvgIpc) is 2.63. The van der Waals surface area contributed by atoms with Gasteiger partial charge in [0.2, 0.25) is 0 Å². The summed E-state index contributed by atoms with van der Waals surface area (Å²) in [5.74, 6) is 3.01. The Morgan fingerprint density at radius 2 is 2.46 bits per heavy atom. The molecule has 1 aromatic rings. The van der Waals surface area contributed by atoms with Crippen LogP contribution in [0.3, 0.4) is 0 Å². The van der Waals surface area contributed by atoms with Gasteiger partial charge in [-0.2, -0.15) is 11.8 Å². The third kappa shape index (κ3) is 1.65. The molecule has 1 aliphatic rings. The number of hydrogen-bond donors (Lipinski definition) is 1. The molecule has 2 rings (SSSR count). The Labute approximate surface area is 87.7 Å². The molecule has 1 aliphatic heterocycles. The van der Waals surface area contributed by atoms with Gasteiger partial charge in [-0.3, -0.25) is 0 Å². The van der Waals surface area contributed by atoms with Crippen LogP contribution >= 0.6 is 23.1 Å². The van der Waals surface area contributed by atoms with Crippen LogP contribution in [0.2, 0.25) is 0 Å². The molecule has 72 valence electrons. The van der Waals surface area contributed by atoms with E-state index in [0.29, 0.717) is 5.92 Å². The van der Waals surface area contributed by atoms with E-state index in [1.807, 2.05) is 11.8 Å². The van der Waals surface area contributed by atoms with Crippen molar-refractivity contribution >= 4 is 23.1 Å². The van der Waals surface area contributed by atoms with Crippen molar-refractivity contribution in [2.75, 3.05) is 11.5 Å². The maximum Gasteiger partial charge on any atom is 0.0545 e. The largest absolute Gasteiger partial charge is 0.320 e. The first-order valence-corrected chi connectivity index (χ1v) is 6.67. The van der Waals surface area contributed by atoms with Crippen molar-refractivity contribution in [3.63, 3.8) is 0 Å². The molecule has 0 aliphatic carbocycles. The summed E-state index contributed by atoms with van der Waals surface area (Å²) in [6, 6.07) is 4.28. The molecule has 1 aromatic heterocycles. The van der Waals surface area contributed by atoms with Crippen LogP contribution < -0.4 is 5.73 Å². The lowest BCUT2D eigenvalue weighted by molar-refractivity contribution is 0.311. The molecule has 1 fully saturated rings. The molecule has 1 nitrogen and oxygen atoms in total. The van der Waals surface area contributed by atoms with E-state index in [1.54, 1.807) is 11.3 Å². The summed E-state index contributed by atoms with van der Waals surface area (Å²) in [6.07, 6.45) is 1.12. The summed E-state index contributed by atoms with van der Waals surface area (Å²) >= 11 is 3.82. The highest BCUT2D eigenvalue weighted by atomic mass is 32.2. The standard InChI is InChI=1S/C10H15NS2/c1-8-7-12-6-4-10(8,11)9-3-2-5-13-9/h2-3,5,8H,4,6-7,11H2,1H3. The van der Waals surface area contributed by atoms with E-state index in [9.17, 15) is 0 Å². The van der Waals surface area contributed by atoms with Crippen molar-refractivity contribution in [3.8, 4) is 0 Å². The van der Waals surface area contributed by atoms with Crippen molar-refractivity contribution < 1.29 is 0 Å².